The fourth-order valence-corrected chi connectivity index (χ4v) is 3.94. The summed E-state index contributed by atoms with van der Waals surface area (Å²) in [6.07, 6.45) is 4.81. The highest BCUT2D eigenvalue weighted by atomic mass is 32.1. The van der Waals surface area contributed by atoms with E-state index in [0.717, 1.165) is 19.6 Å². The Balaban J connectivity index is 1.68. The summed E-state index contributed by atoms with van der Waals surface area (Å²) in [6, 6.07) is 2.59. The minimum Gasteiger partial charge on any atom is -0.493 e. The number of benzene rings is 1. The maximum Gasteiger partial charge on any atom is 0.286 e. The van der Waals surface area contributed by atoms with E-state index in [2.05, 4.69) is 15.2 Å². The number of carbonyl (C=O) groups excluding carboxylic acids is 1. The Kier molecular flexibility index (Phi) is 7.97. The van der Waals surface area contributed by atoms with Gasteiger partial charge in [-0.3, -0.25) is 14.9 Å². The summed E-state index contributed by atoms with van der Waals surface area (Å²) in [4.78, 5) is 30.1. The van der Waals surface area contributed by atoms with Crippen LogP contribution < -0.4 is 14.8 Å². The molecule has 2 heterocycles. The van der Waals surface area contributed by atoms with E-state index in [9.17, 15) is 14.9 Å². The van der Waals surface area contributed by atoms with Gasteiger partial charge >= 0.3 is 0 Å². The maximum atomic E-state index is 12.7. The van der Waals surface area contributed by atoms with E-state index >= 15 is 0 Å². The summed E-state index contributed by atoms with van der Waals surface area (Å²) in [6.45, 7) is 3.36. The fourth-order valence-electron chi connectivity index (χ4n) is 3.40. The number of methoxy groups -OCH3 is 1. The van der Waals surface area contributed by atoms with Crippen LogP contribution in [0.2, 0.25) is 0 Å². The lowest BCUT2D eigenvalue weighted by Gasteiger charge is -2.19. The Morgan fingerprint density at radius 3 is 2.67 bits per heavy atom. The Bertz CT molecular complexity index is 851. The number of likely N-dealkylation sites (tertiary alicyclic amines) is 1. The van der Waals surface area contributed by atoms with Gasteiger partial charge in [-0.05, 0) is 25.9 Å². The predicted octanol–water partition coefficient (Wildman–Crippen LogP) is 3.24. The highest BCUT2D eigenvalue weighted by Crippen LogP contribution is 2.35. The van der Waals surface area contributed by atoms with Crippen LogP contribution in [0.4, 0.5) is 5.69 Å². The summed E-state index contributed by atoms with van der Waals surface area (Å²) in [7, 11) is 1.43. The van der Waals surface area contributed by atoms with E-state index in [4.69, 9.17) is 9.47 Å². The van der Waals surface area contributed by atoms with Crippen LogP contribution in [0.5, 0.6) is 11.5 Å². The van der Waals surface area contributed by atoms with Gasteiger partial charge < -0.3 is 19.7 Å². The van der Waals surface area contributed by atoms with E-state index in [-0.39, 0.29) is 29.4 Å². The van der Waals surface area contributed by atoms with Crippen molar-refractivity contribution in [1.29, 1.82) is 0 Å². The molecule has 1 amide bonds. The summed E-state index contributed by atoms with van der Waals surface area (Å²) in [5.41, 5.74) is 2.02. The second-order valence-electron chi connectivity index (χ2n) is 7.06. The molecule has 3 rings (SSSR count). The van der Waals surface area contributed by atoms with Crippen molar-refractivity contribution in [2.75, 3.05) is 33.3 Å². The number of hydrogen-bond acceptors (Lipinski definition) is 8. The number of rotatable bonds is 9. The zero-order valence-corrected chi connectivity index (χ0v) is 17.8. The number of nitrogens with one attached hydrogen (secondary N) is 1. The van der Waals surface area contributed by atoms with E-state index in [0.29, 0.717) is 12.2 Å². The van der Waals surface area contributed by atoms with Crippen LogP contribution in [0.3, 0.4) is 0 Å². The summed E-state index contributed by atoms with van der Waals surface area (Å²) in [5, 5.41) is 16.2. The molecule has 0 radical (unpaired) electrons. The molecule has 1 aromatic carbocycles. The lowest BCUT2D eigenvalue weighted by atomic mass is 10.1. The predicted molar refractivity (Wildman–Crippen MR) is 113 cm³/mol. The molecule has 0 aliphatic carbocycles. The van der Waals surface area contributed by atoms with Gasteiger partial charge in [0.1, 0.15) is 12.2 Å². The molecule has 9 nitrogen and oxygen atoms in total. The van der Waals surface area contributed by atoms with E-state index in [1.54, 1.807) is 5.51 Å². The van der Waals surface area contributed by atoms with E-state index in [1.807, 2.05) is 5.38 Å². The standard InChI is InChI=1S/C20H26N4O5S/c1-28-18-10-16(20(25)21-6-9-23-7-4-2-3-5-8-23)17(24(26)27)11-19(18)29-12-15-13-30-14-22-15/h10-11,13-14H,2-9,12H2,1H3,(H,21,25). The second kappa shape index (κ2) is 10.9. The molecule has 1 aliphatic rings. The second-order valence-corrected chi connectivity index (χ2v) is 7.78. The molecule has 0 atom stereocenters. The number of nitro groups is 1. The van der Waals surface area contributed by atoms with Gasteiger partial charge in [0.25, 0.3) is 11.6 Å². The number of amides is 1. The summed E-state index contributed by atoms with van der Waals surface area (Å²) < 4.78 is 10.9. The zero-order chi connectivity index (χ0) is 21.3. The van der Waals surface area contributed by atoms with E-state index in [1.165, 1.54) is 56.3 Å². The molecule has 1 fully saturated rings. The fraction of sp³-hybridized carbons (Fsp3) is 0.500. The first-order valence-electron chi connectivity index (χ1n) is 9.95. The van der Waals surface area contributed by atoms with Crippen molar-refractivity contribution < 1.29 is 19.2 Å². The Morgan fingerprint density at radius 2 is 2.03 bits per heavy atom. The average molecular weight is 435 g/mol. The number of hydrogen-bond donors (Lipinski definition) is 1. The minimum atomic E-state index is -0.584. The molecule has 162 valence electrons. The zero-order valence-electron chi connectivity index (χ0n) is 17.0. The van der Waals surface area contributed by atoms with Gasteiger partial charge in [-0.1, -0.05) is 12.8 Å². The first-order chi connectivity index (χ1) is 14.6. The molecule has 0 unspecified atom stereocenters. The molecule has 1 N–H and O–H groups in total. The number of ether oxygens (including phenoxy) is 2. The Labute approximate surface area is 179 Å². The number of nitrogens with zero attached hydrogens (tertiary/aromatic N) is 3. The highest BCUT2D eigenvalue weighted by molar-refractivity contribution is 7.07. The van der Waals surface area contributed by atoms with Gasteiger partial charge in [0, 0.05) is 24.5 Å². The monoisotopic (exact) mass is 434 g/mol. The van der Waals surface area contributed by atoms with Gasteiger partial charge in [0.15, 0.2) is 11.5 Å². The van der Waals surface area contributed by atoms with Gasteiger partial charge in [-0.2, -0.15) is 0 Å². The van der Waals surface area contributed by atoms with Crippen LogP contribution >= 0.6 is 11.3 Å². The first-order valence-corrected chi connectivity index (χ1v) is 10.9. The Morgan fingerprint density at radius 1 is 1.27 bits per heavy atom. The number of thiazole rings is 1. The average Bonchev–Trinajstić information content (AvgIpc) is 3.14. The van der Waals surface area contributed by atoms with Gasteiger partial charge in [-0.25, -0.2) is 4.98 Å². The van der Waals surface area contributed by atoms with E-state index < -0.39 is 10.8 Å². The third kappa shape index (κ3) is 5.90. The van der Waals surface area contributed by atoms with Gasteiger partial charge in [0.05, 0.1) is 29.3 Å². The summed E-state index contributed by atoms with van der Waals surface area (Å²) >= 11 is 1.43. The van der Waals surface area contributed by atoms with Crippen LogP contribution in [-0.2, 0) is 6.61 Å². The van der Waals surface area contributed by atoms with Crippen molar-refractivity contribution in [2.24, 2.45) is 0 Å². The van der Waals surface area contributed by atoms with Crippen LogP contribution in [0, 0.1) is 10.1 Å². The molecule has 1 saturated heterocycles. The molecule has 30 heavy (non-hydrogen) atoms. The first kappa shape index (κ1) is 22.0. The lowest BCUT2D eigenvalue weighted by molar-refractivity contribution is -0.385. The third-order valence-corrected chi connectivity index (χ3v) is 5.63. The van der Waals surface area contributed by atoms with Crippen molar-refractivity contribution in [3.63, 3.8) is 0 Å². The number of aromatic nitrogens is 1. The minimum absolute atomic E-state index is 0.0475. The summed E-state index contributed by atoms with van der Waals surface area (Å²) in [5.74, 6) is -0.0484. The molecule has 10 heteroatoms. The largest absolute Gasteiger partial charge is 0.493 e. The SMILES string of the molecule is COc1cc(C(=O)NCCN2CCCCCC2)c([N+](=O)[O-])cc1OCc1cscn1. The quantitative estimate of drug-likeness (QED) is 0.477. The molecule has 2 aromatic rings. The third-order valence-electron chi connectivity index (χ3n) is 4.99. The van der Waals surface area contributed by atoms with Crippen molar-refractivity contribution in [3.05, 3.63) is 44.4 Å². The topological polar surface area (TPSA) is 107 Å². The molecule has 1 aromatic heterocycles. The normalized spacial score (nSPS) is 14.7. The van der Waals surface area contributed by atoms with Crippen LogP contribution in [0.25, 0.3) is 0 Å². The molecular formula is C20H26N4O5S. The van der Waals surface area contributed by atoms with Crippen molar-refractivity contribution in [2.45, 2.75) is 32.3 Å². The van der Waals surface area contributed by atoms with Crippen molar-refractivity contribution in [1.82, 2.24) is 15.2 Å². The lowest BCUT2D eigenvalue weighted by Crippen LogP contribution is -2.35. The highest BCUT2D eigenvalue weighted by Gasteiger charge is 2.25. The molecule has 0 spiro atoms. The molecule has 1 aliphatic heterocycles. The maximum absolute atomic E-state index is 12.7. The Hall–Kier alpha value is -2.72. The van der Waals surface area contributed by atoms with Crippen LogP contribution in [0.15, 0.2) is 23.0 Å². The molecular weight excluding hydrogens is 408 g/mol. The number of nitro benzene ring substituents is 1. The number of carbonyl (C=O) groups is 1. The van der Waals surface area contributed by atoms with Crippen LogP contribution in [0.1, 0.15) is 41.7 Å². The van der Waals surface area contributed by atoms with Crippen LogP contribution in [-0.4, -0.2) is 54.0 Å². The molecule has 0 bridgehead atoms. The smallest absolute Gasteiger partial charge is 0.286 e. The van der Waals surface area contributed by atoms with Crippen molar-refractivity contribution in [3.8, 4) is 11.5 Å². The van der Waals surface area contributed by atoms with Crippen molar-refractivity contribution >= 4 is 22.9 Å². The molecule has 0 saturated carbocycles. The van der Waals surface area contributed by atoms with Gasteiger partial charge in [-0.15, -0.1) is 11.3 Å². The van der Waals surface area contributed by atoms with Gasteiger partial charge in [0.2, 0.25) is 0 Å².